The molecular formula is C20H24N6O2. The molecule has 8 nitrogen and oxygen atoms in total. The summed E-state index contributed by atoms with van der Waals surface area (Å²) >= 11 is 0. The van der Waals surface area contributed by atoms with Crippen molar-refractivity contribution in [2.45, 2.75) is 31.9 Å². The molecule has 1 aliphatic rings. The molecule has 3 aromatic rings. The number of rotatable bonds is 5. The Hall–Kier alpha value is -3.13. The summed E-state index contributed by atoms with van der Waals surface area (Å²) in [6.07, 6.45) is 3.75. The molecule has 0 spiro atoms. The number of nitrogens with one attached hydrogen (secondary N) is 4. The average Bonchev–Trinajstić information content (AvgIpc) is 3.11. The Balaban J connectivity index is 1.40. The molecule has 1 fully saturated rings. The Morgan fingerprint density at radius 1 is 1.25 bits per heavy atom. The Labute approximate surface area is 163 Å². The topological polar surface area (TPSA) is 104 Å². The number of H-pyrrole nitrogens is 1. The third-order valence-electron chi connectivity index (χ3n) is 4.87. The van der Waals surface area contributed by atoms with Gasteiger partial charge in [-0.25, -0.2) is 9.78 Å². The second kappa shape index (κ2) is 8.26. The number of fused-ring (bicyclic) bond motifs is 1. The molecule has 1 atom stereocenters. The number of hydrogen-bond donors (Lipinski definition) is 4. The molecule has 2 amide bonds. The first-order valence-corrected chi connectivity index (χ1v) is 9.53. The van der Waals surface area contributed by atoms with Crippen molar-refractivity contribution in [2.24, 2.45) is 0 Å². The predicted octanol–water partition coefficient (Wildman–Crippen LogP) is 2.97. The van der Waals surface area contributed by atoms with Crippen LogP contribution in [0.25, 0.3) is 10.9 Å². The molecule has 3 heterocycles. The highest BCUT2D eigenvalue weighted by atomic mass is 16.5. The van der Waals surface area contributed by atoms with Crippen molar-refractivity contribution >= 4 is 22.8 Å². The van der Waals surface area contributed by atoms with Crippen LogP contribution in [0.1, 0.15) is 31.4 Å². The van der Waals surface area contributed by atoms with Crippen molar-refractivity contribution in [1.82, 2.24) is 25.8 Å². The number of hydrogen-bond acceptors (Lipinski definition) is 5. The standard InChI is InChI=1S/C20H24N6O2/c1-13(14-5-3-2-4-6-14)23-20(27)24-18-11-17-16(12-22-18)19(26-25-17)28-15-7-9-21-10-8-15/h2-6,11-13,15,21H,7-10H2,1H3,(H,25,26)(H2,22,23,24,27)/t13-/m1/s1. The maximum atomic E-state index is 12.3. The minimum atomic E-state index is -0.311. The van der Waals surface area contributed by atoms with Gasteiger partial charge in [-0.2, -0.15) is 0 Å². The van der Waals surface area contributed by atoms with Gasteiger partial charge in [0.15, 0.2) is 0 Å². The van der Waals surface area contributed by atoms with E-state index < -0.39 is 0 Å². The van der Waals surface area contributed by atoms with Crippen LogP contribution >= 0.6 is 0 Å². The van der Waals surface area contributed by atoms with E-state index in [1.807, 2.05) is 37.3 Å². The number of aromatic amines is 1. The number of carbonyl (C=O) groups is 1. The third-order valence-corrected chi connectivity index (χ3v) is 4.87. The summed E-state index contributed by atoms with van der Waals surface area (Å²) in [5.41, 5.74) is 1.81. The van der Waals surface area contributed by atoms with Gasteiger partial charge in [-0.3, -0.25) is 10.4 Å². The molecule has 1 aliphatic heterocycles. The van der Waals surface area contributed by atoms with Gasteiger partial charge in [-0.1, -0.05) is 30.3 Å². The predicted molar refractivity (Wildman–Crippen MR) is 107 cm³/mol. The fourth-order valence-corrected chi connectivity index (χ4v) is 3.29. The number of aromatic nitrogens is 3. The van der Waals surface area contributed by atoms with Crippen LogP contribution in [0.5, 0.6) is 5.88 Å². The molecule has 0 aliphatic carbocycles. The van der Waals surface area contributed by atoms with E-state index in [9.17, 15) is 4.79 Å². The summed E-state index contributed by atoms with van der Waals surface area (Å²) in [5.74, 6) is 1.01. The SMILES string of the molecule is C[C@@H](NC(=O)Nc1cc2[nH]nc(OC3CCNCC3)c2cn1)c1ccccc1. The summed E-state index contributed by atoms with van der Waals surface area (Å²) in [5, 5.41) is 17.0. The highest BCUT2D eigenvalue weighted by molar-refractivity contribution is 5.92. The molecule has 146 valence electrons. The number of piperidine rings is 1. The molecule has 4 rings (SSSR count). The minimum Gasteiger partial charge on any atom is -0.473 e. The minimum absolute atomic E-state index is 0.109. The number of ether oxygens (including phenoxy) is 1. The quantitative estimate of drug-likeness (QED) is 0.545. The van der Waals surface area contributed by atoms with Gasteiger partial charge in [0.2, 0.25) is 5.88 Å². The zero-order valence-electron chi connectivity index (χ0n) is 15.7. The molecule has 2 aromatic heterocycles. The number of urea groups is 1. The highest BCUT2D eigenvalue weighted by Gasteiger charge is 2.18. The number of pyridine rings is 1. The molecule has 0 radical (unpaired) electrons. The lowest BCUT2D eigenvalue weighted by Gasteiger charge is -2.22. The van der Waals surface area contributed by atoms with Crippen LogP contribution in [0.4, 0.5) is 10.6 Å². The van der Waals surface area contributed by atoms with Crippen LogP contribution in [0.15, 0.2) is 42.6 Å². The molecular weight excluding hydrogens is 356 g/mol. The molecule has 0 unspecified atom stereocenters. The van der Waals surface area contributed by atoms with Gasteiger partial charge in [0.05, 0.1) is 16.9 Å². The molecule has 28 heavy (non-hydrogen) atoms. The first-order chi connectivity index (χ1) is 13.7. The van der Waals surface area contributed by atoms with Crippen LogP contribution in [0, 0.1) is 0 Å². The smallest absolute Gasteiger partial charge is 0.320 e. The maximum absolute atomic E-state index is 12.3. The largest absolute Gasteiger partial charge is 0.473 e. The van der Waals surface area contributed by atoms with Crippen molar-refractivity contribution < 1.29 is 9.53 Å². The van der Waals surface area contributed by atoms with E-state index in [0.29, 0.717) is 11.7 Å². The van der Waals surface area contributed by atoms with Gasteiger partial charge >= 0.3 is 6.03 Å². The van der Waals surface area contributed by atoms with E-state index in [0.717, 1.165) is 42.4 Å². The lowest BCUT2D eigenvalue weighted by molar-refractivity contribution is 0.157. The summed E-state index contributed by atoms with van der Waals surface area (Å²) in [6.45, 7) is 3.84. The lowest BCUT2D eigenvalue weighted by atomic mass is 10.1. The number of benzene rings is 1. The molecule has 0 saturated carbocycles. The van der Waals surface area contributed by atoms with Crippen molar-refractivity contribution in [3.63, 3.8) is 0 Å². The Morgan fingerprint density at radius 2 is 2.04 bits per heavy atom. The number of anilines is 1. The average molecular weight is 380 g/mol. The summed E-state index contributed by atoms with van der Waals surface area (Å²) in [7, 11) is 0. The number of carbonyl (C=O) groups excluding carboxylic acids is 1. The van der Waals surface area contributed by atoms with Crippen LogP contribution in [-0.4, -0.2) is 40.4 Å². The highest BCUT2D eigenvalue weighted by Crippen LogP contribution is 2.25. The molecule has 8 heteroatoms. The van der Waals surface area contributed by atoms with Crippen LogP contribution in [0.2, 0.25) is 0 Å². The van der Waals surface area contributed by atoms with Crippen LogP contribution in [0.3, 0.4) is 0 Å². The first-order valence-electron chi connectivity index (χ1n) is 9.53. The molecule has 1 aromatic carbocycles. The Bertz CT molecular complexity index is 936. The molecule has 0 bridgehead atoms. The fourth-order valence-electron chi connectivity index (χ4n) is 3.29. The van der Waals surface area contributed by atoms with Crippen molar-refractivity contribution in [3.05, 3.63) is 48.2 Å². The third kappa shape index (κ3) is 4.23. The maximum Gasteiger partial charge on any atom is 0.320 e. The van der Waals surface area contributed by atoms with E-state index in [-0.39, 0.29) is 18.2 Å². The van der Waals surface area contributed by atoms with Gasteiger partial charge in [0.25, 0.3) is 0 Å². The van der Waals surface area contributed by atoms with E-state index in [1.54, 1.807) is 12.3 Å². The van der Waals surface area contributed by atoms with Crippen LogP contribution < -0.4 is 20.7 Å². The Kier molecular flexibility index (Phi) is 5.38. The van der Waals surface area contributed by atoms with Gasteiger partial charge in [0, 0.05) is 12.3 Å². The monoisotopic (exact) mass is 380 g/mol. The second-order valence-electron chi connectivity index (χ2n) is 6.94. The van der Waals surface area contributed by atoms with Gasteiger partial charge in [0.1, 0.15) is 11.9 Å². The van der Waals surface area contributed by atoms with E-state index in [4.69, 9.17) is 4.74 Å². The van der Waals surface area contributed by atoms with Gasteiger partial charge < -0.3 is 15.4 Å². The van der Waals surface area contributed by atoms with Crippen molar-refractivity contribution in [2.75, 3.05) is 18.4 Å². The molecule has 1 saturated heterocycles. The van der Waals surface area contributed by atoms with Crippen LogP contribution in [-0.2, 0) is 0 Å². The number of nitrogens with zero attached hydrogens (tertiary/aromatic N) is 2. The summed E-state index contributed by atoms with van der Waals surface area (Å²) < 4.78 is 6.01. The van der Waals surface area contributed by atoms with Crippen molar-refractivity contribution in [1.29, 1.82) is 0 Å². The van der Waals surface area contributed by atoms with E-state index >= 15 is 0 Å². The fraction of sp³-hybridized carbons (Fsp3) is 0.350. The summed E-state index contributed by atoms with van der Waals surface area (Å²) in [6, 6.07) is 11.1. The lowest BCUT2D eigenvalue weighted by Crippen LogP contribution is -2.34. The summed E-state index contributed by atoms with van der Waals surface area (Å²) in [4.78, 5) is 16.6. The zero-order chi connectivity index (χ0) is 19.3. The molecule has 4 N–H and O–H groups in total. The normalized spacial score (nSPS) is 15.9. The van der Waals surface area contributed by atoms with Gasteiger partial charge in [-0.15, -0.1) is 5.10 Å². The zero-order valence-corrected chi connectivity index (χ0v) is 15.7. The number of amides is 2. The van der Waals surface area contributed by atoms with E-state index in [2.05, 4.69) is 31.1 Å². The Morgan fingerprint density at radius 3 is 2.82 bits per heavy atom. The second-order valence-corrected chi connectivity index (χ2v) is 6.94. The van der Waals surface area contributed by atoms with E-state index in [1.165, 1.54) is 0 Å². The van der Waals surface area contributed by atoms with Crippen molar-refractivity contribution in [3.8, 4) is 5.88 Å². The first kappa shape index (κ1) is 18.2. The van der Waals surface area contributed by atoms with Gasteiger partial charge in [-0.05, 0) is 38.4 Å².